The van der Waals surface area contributed by atoms with Gasteiger partial charge in [-0.1, -0.05) is 33.1 Å². The summed E-state index contributed by atoms with van der Waals surface area (Å²) in [4.78, 5) is 34.1. The van der Waals surface area contributed by atoms with Crippen LogP contribution in [0.4, 0.5) is 0 Å². The fourth-order valence-corrected chi connectivity index (χ4v) is 5.40. The Morgan fingerprint density at radius 3 is 2.30 bits per heavy atom. The molecule has 9 heteroatoms. The third-order valence-corrected chi connectivity index (χ3v) is 7.13. The van der Waals surface area contributed by atoms with Gasteiger partial charge in [0.05, 0.1) is 18.3 Å². The lowest BCUT2D eigenvalue weighted by Gasteiger charge is -2.25. The Kier molecular flexibility index (Phi) is 9.95. The molecular formula is C18H36N3O5P. The third-order valence-electron chi connectivity index (χ3n) is 5.05. The van der Waals surface area contributed by atoms with Crippen molar-refractivity contribution in [2.45, 2.75) is 71.1 Å². The molecule has 1 fully saturated rings. The molecular weight excluding hydrogens is 369 g/mol. The van der Waals surface area contributed by atoms with E-state index in [9.17, 15) is 24.2 Å². The second-order valence-electron chi connectivity index (χ2n) is 8.11. The maximum absolute atomic E-state index is 12.4. The highest BCUT2D eigenvalue weighted by Gasteiger charge is 2.29. The number of aliphatic hydroxyl groups is 1. The van der Waals surface area contributed by atoms with E-state index in [0.29, 0.717) is 0 Å². The number of nitrogens with one attached hydrogen (secondary N) is 2. The summed E-state index contributed by atoms with van der Waals surface area (Å²) in [6.45, 7) is 5.01. The van der Waals surface area contributed by atoms with Crippen LogP contribution in [0, 0.1) is 11.8 Å². The van der Waals surface area contributed by atoms with Crippen LogP contribution in [0.25, 0.3) is 0 Å². The molecule has 0 heterocycles. The highest BCUT2D eigenvalue weighted by Crippen LogP contribution is 2.45. The van der Waals surface area contributed by atoms with Crippen molar-refractivity contribution in [2.24, 2.45) is 17.6 Å². The van der Waals surface area contributed by atoms with Crippen molar-refractivity contribution in [1.82, 2.24) is 10.6 Å². The van der Waals surface area contributed by atoms with Crippen LogP contribution in [0.1, 0.15) is 52.9 Å². The van der Waals surface area contributed by atoms with Crippen molar-refractivity contribution in [3.63, 3.8) is 0 Å². The van der Waals surface area contributed by atoms with Gasteiger partial charge < -0.3 is 26.4 Å². The van der Waals surface area contributed by atoms with Crippen molar-refractivity contribution >= 4 is 19.2 Å². The summed E-state index contributed by atoms with van der Waals surface area (Å²) in [5, 5.41) is 15.1. The second kappa shape index (κ2) is 11.1. The molecule has 0 bridgehead atoms. The Hall–Kier alpha value is -0.950. The minimum Gasteiger partial charge on any atom is -0.391 e. The molecule has 1 aliphatic rings. The van der Waals surface area contributed by atoms with E-state index in [1.165, 1.54) is 13.3 Å². The van der Waals surface area contributed by atoms with Crippen molar-refractivity contribution in [2.75, 3.05) is 18.9 Å². The molecule has 0 aromatic carbocycles. The number of rotatable bonds is 10. The van der Waals surface area contributed by atoms with Gasteiger partial charge in [0.15, 0.2) is 0 Å². The zero-order valence-electron chi connectivity index (χ0n) is 16.7. The molecule has 1 saturated carbocycles. The number of hydrogen-bond acceptors (Lipinski definition) is 5. The molecule has 2 amide bonds. The number of carbonyl (C=O) groups is 2. The normalized spacial score (nSPS) is 21.1. The zero-order chi connectivity index (χ0) is 20.6. The Morgan fingerprint density at radius 2 is 1.74 bits per heavy atom. The number of aliphatic hydroxyl groups excluding tert-OH is 1. The highest BCUT2D eigenvalue weighted by molar-refractivity contribution is 7.58. The van der Waals surface area contributed by atoms with Crippen molar-refractivity contribution in [1.29, 1.82) is 0 Å². The molecule has 8 nitrogen and oxygen atoms in total. The maximum atomic E-state index is 12.4. The monoisotopic (exact) mass is 405 g/mol. The van der Waals surface area contributed by atoms with E-state index in [1.54, 1.807) is 0 Å². The summed E-state index contributed by atoms with van der Waals surface area (Å²) in [6, 6.07) is -1.51. The average Bonchev–Trinajstić information content (AvgIpc) is 2.58. The van der Waals surface area contributed by atoms with Gasteiger partial charge in [0.2, 0.25) is 19.2 Å². The van der Waals surface area contributed by atoms with Gasteiger partial charge in [0.25, 0.3) is 0 Å². The van der Waals surface area contributed by atoms with Gasteiger partial charge >= 0.3 is 0 Å². The van der Waals surface area contributed by atoms with Crippen molar-refractivity contribution in [3.05, 3.63) is 0 Å². The number of carbonyl (C=O) groups excluding carboxylic acids is 2. The van der Waals surface area contributed by atoms with Gasteiger partial charge in [-0.3, -0.25) is 14.2 Å². The van der Waals surface area contributed by atoms with Crippen LogP contribution in [0.5, 0.6) is 0 Å². The van der Waals surface area contributed by atoms with Gasteiger partial charge in [0.1, 0.15) is 6.04 Å². The quantitative estimate of drug-likeness (QED) is 0.340. The molecule has 1 rings (SSSR count). The first-order valence-electron chi connectivity index (χ1n) is 9.84. The fraction of sp³-hybridized carbons (Fsp3) is 0.889. The van der Waals surface area contributed by atoms with E-state index < -0.39 is 37.4 Å². The Morgan fingerprint density at radius 1 is 1.15 bits per heavy atom. The molecule has 158 valence electrons. The molecule has 1 unspecified atom stereocenters. The van der Waals surface area contributed by atoms with Crippen LogP contribution < -0.4 is 16.4 Å². The minimum atomic E-state index is -3.44. The molecule has 1 aliphatic carbocycles. The highest BCUT2D eigenvalue weighted by atomic mass is 31.2. The van der Waals surface area contributed by atoms with E-state index in [4.69, 9.17) is 5.73 Å². The minimum absolute atomic E-state index is 0.0510. The molecule has 27 heavy (non-hydrogen) atoms. The first-order chi connectivity index (χ1) is 12.5. The van der Waals surface area contributed by atoms with Crippen LogP contribution in [0.2, 0.25) is 0 Å². The van der Waals surface area contributed by atoms with Crippen LogP contribution in [0.15, 0.2) is 0 Å². The standard InChI is InChI=1S/C18H36N3O5P/c1-12(2)16(19)18(24)21-13(3)17(23)20-9-15(22)11-27(25,26)10-14-7-5-4-6-8-14/h12-16,22H,4-11,19H2,1-3H3,(H,20,23)(H,21,24)(H,25,26)/t13-,15-,16-/m0/s1. The smallest absolute Gasteiger partial charge is 0.242 e. The topological polar surface area (TPSA) is 142 Å². The van der Waals surface area contributed by atoms with E-state index in [0.717, 1.165) is 25.7 Å². The number of nitrogens with two attached hydrogens (primary N) is 1. The van der Waals surface area contributed by atoms with Crippen LogP contribution in [0.3, 0.4) is 0 Å². The summed E-state index contributed by atoms with van der Waals surface area (Å²) in [6.07, 6.45) is 4.19. The first-order valence-corrected chi connectivity index (χ1v) is 11.9. The van der Waals surface area contributed by atoms with Gasteiger partial charge in [0, 0.05) is 12.7 Å². The predicted octanol–water partition coefficient (Wildman–Crippen LogP) is 0.802. The average molecular weight is 405 g/mol. The Bertz CT molecular complexity index is 537. The van der Waals surface area contributed by atoms with Crippen LogP contribution in [-0.2, 0) is 14.2 Å². The van der Waals surface area contributed by atoms with Gasteiger partial charge in [-0.2, -0.15) is 0 Å². The van der Waals surface area contributed by atoms with Gasteiger partial charge in [-0.15, -0.1) is 0 Å². The van der Waals surface area contributed by atoms with Gasteiger partial charge in [-0.25, -0.2) is 0 Å². The third kappa shape index (κ3) is 9.19. The lowest BCUT2D eigenvalue weighted by Crippen LogP contribution is -2.52. The van der Waals surface area contributed by atoms with E-state index in [2.05, 4.69) is 10.6 Å². The molecule has 0 radical (unpaired) electrons. The largest absolute Gasteiger partial charge is 0.391 e. The van der Waals surface area contributed by atoms with Crippen molar-refractivity contribution < 1.29 is 24.2 Å². The van der Waals surface area contributed by atoms with E-state index >= 15 is 0 Å². The second-order valence-corrected chi connectivity index (χ2v) is 10.5. The van der Waals surface area contributed by atoms with Crippen molar-refractivity contribution in [3.8, 4) is 0 Å². The lowest BCUT2D eigenvalue weighted by atomic mass is 9.91. The Labute approximate surface area is 162 Å². The summed E-state index contributed by atoms with van der Waals surface area (Å²) >= 11 is 0. The summed E-state index contributed by atoms with van der Waals surface area (Å²) in [5.41, 5.74) is 5.73. The van der Waals surface area contributed by atoms with Crippen LogP contribution in [-0.4, -0.2) is 58.9 Å². The molecule has 4 atom stereocenters. The molecule has 0 aliphatic heterocycles. The molecule has 0 saturated heterocycles. The summed E-state index contributed by atoms with van der Waals surface area (Å²) in [5.74, 6) is -0.694. The fourth-order valence-electron chi connectivity index (χ4n) is 3.29. The SMILES string of the molecule is CC(C)[C@H](N)C(=O)N[C@@H](C)C(=O)NC[C@H](O)CP(=O)(O)CC1CCCCC1. The lowest BCUT2D eigenvalue weighted by molar-refractivity contribution is -0.129. The molecule has 0 aromatic rings. The molecule has 0 spiro atoms. The summed E-state index contributed by atoms with van der Waals surface area (Å²) < 4.78 is 12.4. The first kappa shape index (κ1) is 24.1. The maximum Gasteiger partial charge on any atom is 0.242 e. The van der Waals surface area contributed by atoms with E-state index in [-0.39, 0.29) is 30.7 Å². The van der Waals surface area contributed by atoms with Crippen LogP contribution >= 0.6 is 7.37 Å². The van der Waals surface area contributed by atoms with E-state index in [1.807, 2.05) is 13.8 Å². The summed E-state index contributed by atoms with van der Waals surface area (Å²) in [7, 11) is -3.44. The predicted molar refractivity (Wildman–Crippen MR) is 106 cm³/mol. The molecule has 6 N–H and O–H groups in total. The zero-order valence-corrected chi connectivity index (χ0v) is 17.6. The Balaban J connectivity index is 2.36. The number of amides is 2. The van der Waals surface area contributed by atoms with Gasteiger partial charge in [-0.05, 0) is 31.6 Å². The molecule has 0 aromatic heterocycles. The number of hydrogen-bond donors (Lipinski definition) is 5.